The predicted octanol–water partition coefficient (Wildman–Crippen LogP) is 3.02. The Morgan fingerprint density at radius 2 is 2.08 bits per heavy atom. The third-order valence-electron chi connectivity index (χ3n) is 3.58. The van der Waals surface area contributed by atoms with E-state index in [1.807, 2.05) is 18.2 Å². The van der Waals surface area contributed by atoms with E-state index >= 15 is 0 Å². The number of rotatable bonds is 11. The lowest BCUT2D eigenvalue weighted by Gasteiger charge is -2.16. The lowest BCUT2D eigenvalue weighted by Crippen LogP contribution is -2.39. The van der Waals surface area contributed by atoms with E-state index in [9.17, 15) is 0 Å². The third kappa shape index (κ3) is 12.4. The molecule has 1 rings (SSSR count). The van der Waals surface area contributed by atoms with Gasteiger partial charge in [0.1, 0.15) is 0 Å². The third-order valence-corrected chi connectivity index (χ3v) is 3.81. The molecule has 0 aliphatic carbocycles. The molecule has 0 radical (unpaired) electrons. The summed E-state index contributed by atoms with van der Waals surface area (Å²) in [6, 6.07) is 7.97. The van der Waals surface area contributed by atoms with Crippen LogP contribution >= 0.6 is 35.6 Å². The van der Waals surface area contributed by atoms with Crippen molar-refractivity contribution >= 4 is 41.5 Å². The maximum absolute atomic E-state index is 6.01. The highest BCUT2D eigenvalue weighted by molar-refractivity contribution is 14.0. The van der Waals surface area contributed by atoms with Crippen molar-refractivity contribution in [3.63, 3.8) is 0 Å². The first-order chi connectivity index (χ1) is 11.7. The molecule has 0 saturated heterocycles. The largest absolute Gasteiger partial charge is 0.385 e. The molecular weight excluding hydrogens is 451 g/mol. The zero-order valence-electron chi connectivity index (χ0n) is 15.6. The Bertz CT molecular complexity index is 488. The minimum atomic E-state index is 0. The fourth-order valence-corrected chi connectivity index (χ4v) is 2.50. The van der Waals surface area contributed by atoms with Crippen LogP contribution in [0.2, 0.25) is 5.02 Å². The number of guanidine groups is 1. The van der Waals surface area contributed by atoms with Crippen molar-refractivity contribution in [2.24, 2.45) is 4.99 Å². The molecule has 1 aromatic rings. The molecule has 0 atom stereocenters. The normalized spacial score (nSPS) is 11.3. The van der Waals surface area contributed by atoms with Crippen LogP contribution in [0.15, 0.2) is 29.3 Å². The Balaban J connectivity index is 0.00000576. The van der Waals surface area contributed by atoms with Gasteiger partial charge in [-0.2, -0.15) is 0 Å². The molecule has 0 aliphatic heterocycles. The zero-order valence-corrected chi connectivity index (χ0v) is 18.6. The van der Waals surface area contributed by atoms with Crippen LogP contribution in [0.4, 0.5) is 0 Å². The lowest BCUT2D eigenvalue weighted by atomic mass is 10.1. The first kappa shape index (κ1) is 24.4. The molecule has 0 saturated carbocycles. The Kier molecular flexibility index (Phi) is 15.3. The van der Waals surface area contributed by atoms with Gasteiger partial charge < -0.3 is 20.3 Å². The summed E-state index contributed by atoms with van der Waals surface area (Å²) in [6.45, 7) is 7.31. The maximum Gasteiger partial charge on any atom is 0.191 e. The first-order valence-electron chi connectivity index (χ1n) is 8.59. The average molecular weight is 483 g/mol. The molecule has 0 spiro atoms. The van der Waals surface area contributed by atoms with Crippen molar-refractivity contribution in [1.29, 1.82) is 0 Å². The highest BCUT2D eigenvalue weighted by Crippen LogP contribution is 2.10. The van der Waals surface area contributed by atoms with Gasteiger partial charge >= 0.3 is 0 Å². The summed E-state index contributed by atoms with van der Waals surface area (Å²) < 4.78 is 5.07. The predicted molar refractivity (Wildman–Crippen MR) is 119 cm³/mol. The molecule has 1 aromatic carbocycles. The summed E-state index contributed by atoms with van der Waals surface area (Å²) in [7, 11) is 3.85. The summed E-state index contributed by atoms with van der Waals surface area (Å²) in [5.74, 6) is 0.866. The number of methoxy groups -OCH3 is 1. The molecule has 2 N–H and O–H groups in total. The summed E-state index contributed by atoms with van der Waals surface area (Å²) >= 11 is 6.01. The molecule has 0 amide bonds. The quantitative estimate of drug-likeness (QED) is 0.220. The van der Waals surface area contributed by atoms with Crippen LogP contribution in [0, 0.1) is 0 Å². The molecule has 0 fully saturated rings. The molecule has 0 heterocycles. The van der Waals surface area contributed by atoms with E-state index in [1.165, 1.54) is 5.56 Å². The van der Waals surface area contributed by atoms with Crippen molar-refractivity contribution in [2.75, 3.05) is 53.5 Å². The number of hydrogen-bond acceptors (Lipinski definition) is 3. The van der Waals surface area contributed by atoms with E-state index in [0.29, 0.717) is 0 Å². The average Bonchev–Trinajstić information content (AvgIpc) is 2.55. The fourth-order valence-electron chi connectivity index (χ4n) is 2.28. The minimum Gasteiger partial charge on any atom is -0.385 e. The number of benzene rings is 1. The van der Waals surface area contributed by atoms with Crippen molar-refractivity contribution < 1.29 is 4.74 Å². The Morgan fingerprint density at radius 3 is 2.76 bits per heavy atom. The summed E-state index contributed by atoms with van der Waals surface area (Å²) in [6.07, 6.45) is 1.97. The van der Waals surface area contributed by atoms with Gasteiger partial charge in [-0.15, -0.1) is 24.0 Å². The van der Waals surface area contributed by atoms with E-state index < -0.39 is 0 Å². The van der Waals surface area contributed by atoms with Crippen molar-refractivity contribution in [3.8, 4) is 0 Å². The molecule has 7 heteroatoms. The standard InChI is InChI=1S/C18H31ClN4O.HI/c1-4-20-18(22-11-13-23(2)12-6-14-24-3)21-10-9-16-7-5-8-17(19)15-16;/h5,7-8,15H,4,6,9-14H2,1-3H3,(H2,20,21,22);1H. The van der Waals surface area contributed by atoms with Crippen molar-refractivity contribution in [2.45, 2.75) is 19.8 Å². The zero-order chi connectivity index (χ0) is 17.6. The Hall–Kier alpha value is -0.570. The number of nitrogens with one attached hydrogen (secondary N) is 2. The van der Waals surface area contributed by atoms with Crippen LogP contribution in [-0.2, 0) is 11.2 Å². The summed E-state index contributed by atoms with van der Waals surface area (Å²) in [5.41, 5.74) is 1.23. The van der Waals surface area contributed by atoms with E-state index in [2.05, 4.69) is 40.6 Å². The molecular formula is C18H32ClIN4O. The molecule has 0 aliphatic rings. The maximum atomic E-state index is 6.01. The highest BCUT2D eigenvalue weighted by atomic mass is 127. The number of ether oxygens (including phenoxy) is 1. The molecule has 25 heavy (non-hydrogen) atoms. The number of aliphatic imine (C=N–C) groups is 1. The second-order valence-corrected chi connectivity index (χ2v) is 6.15. The van der Waals surface area contributed by atoms with E-state index in [4.69, 9.17) is 16.3 Å². The van der Waals surface area contributed by atoms with Crippen LogP contribution < -0.4 is 10.6 Å². The summed E-state index contributed by atoms with van der Waals surface area (Å²) in [5, 5.41) is 7.43. The molecule has 0 unspecified atom stereocenters. The van der Waals surface area contributed by atoms with E-state index in [0.717, 1.165) is 63.2 Å². The summed E-state index contributed by atoms with van der Waals surface area (Å²) in [4.78, 5) is 6.90. The van der Waals surface area contributed by atoms with Gasteiger partial charge in [0.2, 0.25) is 0 Å². The number of halogens is 2. The minimum absolute atomic E-state index is 0. The van der Waals surface area contributed by atoms with Crippen molar-refractivity contribution in [1.82, 2.24) is 15.5 Å². The highest BCUT2D eigenvalue weighted by Gasteiger charge is 2.00. The monoisotopic (exact) mass is 482 g/mol. The van der Waals surface area contributed by atoms with Gasteiger partial charge in [-0.3, -0.25) is 4.99 Å². The van der Waals surface area contributed by atoms with Crippen molar-refractivity contribution in [3.05, 3.63) is 34.9 Å². The van der Waals surface area contributed by atoms with Crippen LogP contribution in [0.5, 0.6) is 0 Å². The van der Waals surface area contributed by atoms with E-state index in [-0.39, 0.29) is 24.0 Å². The lowest BCUT2D eigenvalue weighted by molar-refractivity contribution is 0.180. The van der Waals surface area contributed by atoms with Gasteiger partial charge in [0.05, 0.1) is 6.54 Å². The van der Waals surface area contributed by atoms with Gasteiger partial charge in [0, 0.05) is 44.9 Å². The SMILES string of the molecule is CCNC(=NCCN(C)CCCOC)NCCc1cccc(Cl)c1.I. The fraction of sp³-hybridized carbons (Fsp3) is 0.611. The van der Waals surface area contributed by atoms with Gasteiger partial charge in [0.25, 0.3) is 0 Å². The Labute approximate surface area is 174 Å². The van der Waals surface area contributed by atoms with Gasteiger partial charge in [-0.1, -0.05) is 23.7 Å². The van der Waals surface area contributed by atoms with Gasteiger partial charge in [-0.25, -0.2) is 0 Å². The van der Waals surface area contributed by atoms with Crippen LogP contribution in [-0.4, -0.2) is 64.3 Å². The number of nitrogens with zero attached hydrogens (tertiary/aromatic N) is 2. The van der Waals surface area contributed by atoms with Gasteiger partial charge in [0.15, 0.2) is 5.96 Å². The molecule has 5 nitrogen and oxygen atoms in total. The van der Waals surface area contributed by atoms with Crippen LogP contribution in [0.25, 0.3) is 0 Å². The van der Waals surface area contributed by atoms with Crippen LogP contribution in [0.1, 0.15) is 18.9 Å². The molecule has 0 bridgehead atoms. The number of hydrogen-bond donors (Lipinski definition) is 2. The second-order valence-electron chi connectivity index (χ2n) is 5.72. The first-order valence-corrected chi connectivity index (χ1v) is 8.97. The van der Waals surface area contributed by atoms with Crippen LogP contribution in [0.3, 0.4) is 0 Å². The Morgan fingerprint density at radius 1 is 1.28 bits per heavy atom. The second kappa shape index (κ2) is 15.7. The number of likely N-dealkylation sites (N-methyl/N-ethyl adjacent to an activating group) is 1. The van der Waals surface area contributed by atoms with E-state index in [1.54, 1.807) is 7.11 Å². The molecule has 144 valence electrons. The topological polar surface area (TPSA) is 48.9 Å². The smallest absolute Gasteiger partial charge is 0.191 e. The van der Waals surface area contributed by atoms with Gasteiger partial charge in [-0.05, 0) is 44.5 Å². The molecule has 0 aromatic heterocycles.